The van der Waals surface area contributed by atoms with E-state index in [0.717, 1.165) is 44.3 Å². The van der Waals surface area contributed by atoms with Gasteiger partial charge in [0.2, 0.25) is 0 Å². The molecule has 1 aliphatic rings. The molecule has 0 aliphatic carbocycles. The van der Waals surface area contributed by atoms with Gasteiger partial charge in [-0.15, -0.1) is 0 Å². The van der Waals surface area contributed by atoms with Crippen LogP contribution in [0.25, 0.3) is 0 Å². The summed E-state index contributed by atoms with van der Waals surface area (Å²) in [4.78, 5) is 6.72. The first kappa shape index (κ1) is 15.0. The van der Waals surface area contributed by atoms with Crippen molar-refractivity contribution in [1.29, 1.82) is 0 Å². The Morgan fingerprint density at radius 2 is 2.26 bits per heavy atom. The molecule has 0 saturated carbocycles. The number of aromatic nitrogens is 1. The molecule has 5 heteroatoms. The van der Waals surface area contributed by atoms with Crippen LogP contribution in [0, 0.1) is 5.92 Å². The lowest BCUT2D eigenvalue weighted by Gasteiger charge is -2.29. The third kappa shape index (κ3) is 4.60. The third-order valence-corrected chi connectivity index (χ3v) is 4.18. The van der Waals surface area contributed by atoms with Crippen molar-refractivity contribution in [3.05, 3.63) is 28.0 Å². The maximum atomic E-state index is 6.18. The Hall–Kier alpha value is -0.350. The lowest BCUT2D eigenvalue weighted by Crippen LogP contribution is -2.38. The fraction of sp³-hybridized carbons (Fsp3) is 0.643. The molecule has 1 unspecified atom stereocenters. The average Bonchev–Trinajstić information content (AvgIpc) is 2.43. The average molecular weight is 302 g/mol. The zero-order valence-corrected chi connectivity index (χ0v) is 12.8. The Bertz CT molecular complexity index is 406. The van der Waals surface area contributed by atoms with Crippen molar-refractivity contribution >= 4 is 23.2 Å². The van der Waals surface area contributed by atoms with Gasteiger partial charge in [-0.2, -0.15) is 0 Å². The first-order valence-corrected chi connectivity index (χ1v) is 7.68. The first-order chi connectivity index (χ1) is 9.19. The highest BCUT2D eigenvalue weighted by atomic mass is 35.5. The van der Waals surface area contributed by atoms with Crippen molar-refractivity contribution in [3.63, 3.8) is 0 Å². The highest BCUT2D eigenvalue weighted by molar-refractivity contribution is 6.32. The van der Waals surface area contributed by atoms with Crippen LogP contribution >= 0.6 is 23.2 Å². The highest BCUT2D eigenvalue weighted by Gasteiger charge is 2.17. The van der Waals surface area contributed by atoms with Crippen LogP contribution in [-0.2, 0) is 6.54 Å². The van der Waals surface area contributed by atoms with E-state index in [1.54, 1.807) is 6.07 Å². The van der Waals surface area contributed by atoms with Crippen molar-refractivity contribution in [2.24, 2.45) is 5.92 Å². The van der Waals surface area contributed by atoms with Crippen molar-refractivity contribution < 1.29 is 0 Å². The van der Waals surface area contributed by atoms with Crippen LogP contribution in [0.1, 0.15) is 25.5 Å². The summed E-state index contributed by atoms with van der Waals surface area (Å²) < 4.78 is 0. The molecule has 3 nitrogen and oxygen atoms in total. The molecule has 1 saturated heterocycles. The molecule has 0 spiro atoms. The van der Waals surface area contributed by atoms with E-state index in [4.69, 9.17) is 23.2 Å². The predicted octanol–water partition coefficient (Wildman–Crippen LogP) is 3.21. The van der Waals surface area contributed by atoms with Gasteiger partial charge in [0.25, 0.3) is 0 Å². The fourth-order valence-corrected chi connectivity index (χ4v) is 2.86. The van der Waals surface area contributed by atoms with Crippen LogP contribution in [0.15, 0.2) is 12.1 Å². The monoisotopic (exact) mass is 301 g/mol. The zero-order chi connectivity index (χ0) is 13.7. The SMILES string of the molecule is CCN(Cc1nc(Cl)ccc1Cl)CC1CCCNC1. The van der Waals surface area contributed by atoms with Gasteiger partial charge in [0.05, 0.1) is 10.7 Å². The molecule has 1 atom stereocenters. The number of hydrogen-bond donors (Lipinski definition) is 1. The van der Waals surface area contributed by atoms with Crippen LogP contribution in [-0.4, -0.2) is 36.1 Å². The Morgan fingerprint density at radius 1 is 1.42 bits per heavy atom. The van der Waals surface area contributed by atoms with Gasteiger partial charge < -0.3 is 5.32 Å². The summed E-state index contributed by atoms with van der Waals surface area (Å²) in [5.74, 6) is 0.728. The van der Waals surface area contributed by atoms with Gasteiger partial charge >= 0.3 is 0 Å². The molecule has 1 aromatic rings. The van der Waals surface area contributed by atoms with Gasteiger partial charge in [0.15, 0.2) is 0 Å². The topological polar surface area (TPSA) is 28.2 Å². The summed E-state index contributed by atoms with van der Waals surface area (Å²) in [7, 11) is 0. The summed E-state index contributed by atoms with van der Waals surface area (Å²) in [6, 6.07) is 3.55. The van der Waals surface area contributed by atoms with Crippen LogP contribution in [0.3, 0.4) is 0 Å². The molecule has 19 heavy (non-hydrogen) atoms. The lowest BCUT2D eigenvalue weighted by atomic mass is 9.99. The van der Waals surface area contributed by atoms with Crippen LogP contribution in [0.5, 0.6) is 0 Å². The molecule has 1 aromatic heterocycles. The van der Waals surface area contributed by atoms with E-state index in [1.165, 1.54) is 12.8 Å². The second kappa shape index (κ2) is 7.44. The minimum atomic E-state index is 0.509. The molecular weight excluding hydrogens is 281 g/mol. The van der Waals surface area contributed by atoms with E-state index in [-0.39, 0.29) is 0 Å². The van der Waals surface area contributed by atoms with E-state index < -0.39 is 0 Å². The number of nitrogens with zero attached hydrogens (tertiary/aromatic N) is 2. The largest absolute Gasteiger partial charge is 0.316 e. The van der Waals surface area contributed by atoms with Crippen molar-refractivity contribution in [3.8, 4) is 0 Å². The minimum absolute atomic E-state index is 0.509. The number of hydrogen-bond acceptors (Lipinski definition) is 3. The first-order valence-electron chi connectivity index (χ1n) is 6.93. The maximum absolute atomic E-state index is 6.18. The van der Waals surface area contributed by atoms with Gasteiger partial charge in [0, 0.05) is 13.1 Å². The van der Waals surface area contributed by atoms with Crippen molar-refractivity contribution in [2.75, 3.05) is 26.2 Å². The Labute approximate surface area is 125 Å². The number of nitrogens with one attached hydrogen (secondary N) is 1. The molecular formula is C14H21Cl2N3. The van der Waals surface area contributed by atoms with Crippen LogP contribution in [0.2, 0.25) is 10.2 Å². The Morgan fingerprint density at radius 3 is 2.95 bits per heavy atom. The number of halogens is 2. The van der Waals surface area contributed by atoms with Crippen LogP contribution < -0.4 is 5.32 Å². The smallest absolute Gasteiger partial charge is 0.129 e. The fourth-order valence-electron chi connectivity index (χ4n) is 2.53. The quantitative estimate of drug-likeness (QED) is 0.847. The van der Waals surface area contributed by atoms with Gasteiger partial charge in [-0.3, -0.25) is 4.90 Å². The summed E-state index contributed by atoms with van der Waals surface area (Å²) in [6.07, 6.45) is 2.58. The van der Waals surface area contributed by atoms with E-state index >= 15 is 0 Å². The molecule has 106 valence electrons. The molecule has 1 N–H and O–H groups in total. The maximum Gasteiger partial charge on any atom is 0.129 e. The van der Waals surface area contributed by atoms with Crippen LogP contribution in [0.4, 0.5) is 0 Å². The minimum Gasteiger partial charge on any atom is -0.316 e. The number of pyridine rings is 1. The van der Waals surface area contributed by atoms with Gasteiger partial charge in [-0.1, -0.05) is 30.1 Å². The zero-order valence-electron chi connectivity index (χ0n) is 11.3. The lowest BCUT2D eigenvalue weighted by molar-refractivity contribution is 0.208. The Balaban J connectivity index is 1.95. The van der Waals surface area contributed by atoms with Crippen molar-refractivity contribution in [2.45, 2.75) is 26.3 Å². The molecule has 0 bridgehead atoms. The van der Waals surface area contributed by atoms with E-state index in [9.17, 15) is 0 Å². The number of rotatable bonds is 5. The van der Waals surface area contributed by atoms with E-state index in [0.29, 0.717) is 10.2 Å². The van der Waals surface area contributed by atoms with Gasteiger partial charge in [-0.25, -0.2) is 4.98 Å². The summed E-state index contributed by atoms with van der Waals surface area (Å²) in [5.41, 5.74) is 0.875. The van der Waals surface area contributed by atoms with Gasteiger partial charge in [-0.05, 0) is 50.5 Å². The molecule has 0 amide bonds. The van der Waals surface area contributed by atoms with E-state index in [1.807, 2.05) is 6.07 Å². The molecule has 1 fully saturated rings. The molecule has 0 aromatic carbocycles. The molecule has 2 rings (SSSR count). The van der Waals surface area contributed by atoms with Gasteiger partial charge in [0.1, 0.15) is 5.15 Å². The molecule has 2 heterocycles. The summed E-state index contributed by atoms with van der Waals surface area (Å²) in [5, 5.41) is 4.67. The number of piperidine rings is 1. The standard InChI is InChI=1S/C14H21Cl2N3/c1-2-19(9-11-4-3-7-17-8-11)10-13-12(15)5-6-14(16)18-13/h5-6,11,17H,2-4,7-10H2,1H3. The summed E-state index contributed by atoms with van der Waals surface area (Å²) >= 11 is 12.1. The highest BCUT2D eigenvalue weighted by Crippen LogP contribution is 2.20. The Kier molecular flexibility index (Phi) is 5.89. The molecule has 1 aliphatic heterocycles. The summed E-state index contributed by atoms with van der Waals surface area (Å²) in [6.45, 7) is 7.31. The normalized spacial score (nSPS) is 19.9. The third-order valence-electron chi connectivity index (χ3n) is 3.62. The van der Waals surface area contributed by atoms with E-state index in [2.05, 4.69) is 22.1 Å². The second-order valence-electron chi connectivity index (χ2n) is 5.10. The predicted molar refractivity (Wildman–Crippen MR) is 80.8 cm³/mol. The molecule has 0 radical (unpaired) electrons. The van der Waals surface area contributed by atoms with Crippen molar-refractivity contribution in [1.82, 2.24) is 15.2 Å². The second-order valence-corrected chi connectivity index (χ2v) is 5.90.